The van der Waals surface area contributed by atoms with E-state index in [0.717, 1.165) is 12.5 Å². The van der Waals surface area contributed by atoms with Gasteiger partial charge in [-0.05, 0) is 36.8 Å². The van der Waals surface area contributed by atoms with Crippen molar-refractivity contribution in [3.63, 3.8) is 0 Å². The third-order valence-electron chi connectivity index (χ3n) is 8.29. The molecule has 0 aliphatic carbocycles. The van der Waals surface area contributed by atoms with Crippen molar-refractivity contribution in [3.05, 3.63) is 71.8 Å². The number of alkyl carbamates (subject to hydrolysis) is 1. The molecule has 1 fully saturated rings. The molecule has 1 saturated heterocycles. The Bertz CT molecular complexity index is 1710. The number of ether oxygens (including phenoxy) is 2. The van der Waals surface area contributed by atoms with E-state index in [1.54, 1.807) is 74.5 Å². The number of benzene rings is 2. The van der Waals surface area contributed by atoms with Gasteiger partial charge in [0.25, 0.3) is 17.7 Å². The van der Waals surface area contributed by atoms with Crippen LogP contribution in [0.15, 0.2) is 60.7 Å². The van der Waals surface area contributed by atoms with Gasteiger partial charge in [0, 0.05) is 20.0 Å². The highest BCUT2D eigenvalue weighted by Gasteiger charge is 2.53. The third-order valence-corrected chi connectivity index (χ3v) is 8.29. The van der Waals surface area contributed by atoms with Gasteiger partial charge < -0.3 is 45.6 Å². The average Bonchev–Trinajstić information content (AvgIpc) is 3.94. The van der Waals surface area contributed by atoms with E-state index in [9.17, 15) is 53.7 Å². The molecule has 1 aliphatic rings. The van der Waals surface area contributed by atoms with Crippen molar-refractivity contribution in [3.8, 4) is 0 Å². The highest BCUT2D eigenvalue weighted by Crippen LogP contribution is 2.26. The van der Waals surface area contributed by atoms with E-state index in [4.69, 9.17) is 9.47 Å². The number of likely N-dealkylation sites (N-methyl/N-ethyl adjacent to an activating group) is 1. The number of aliphatic carboxylic acids is 2. The molecule has 19 heteroatoms. The van der Waals surface area contributed by atoms with Crippen molar-refractivity contribution in [2.45, 2.75) is 89.6 Å². The first kappa shape index (κ1) is 44.3. The van der Waals surface area contributed by atoms with E-state index < -0.39 is 103 Å². The second-order valence-electron chi connectivity index (χ2n) is 13.6. The number of carbonyl (C=O) groups excluding carboxylic acids is 6. The van der Waals surface area contributed by atoms with E-state index in [2.05, 4.69) is 16.0 Å². The first-order valence-corrected chi connectivity index (χ1v) is 17.7. The Balaban J connectivity index is 1.69. The highest BCUT2D eigenvalue weighted by atomic mass is 16.6. The second kappa shape index (κ2) is 21.1. The Labute approximate surface area is 322 Å². The first-order valence-electron chi connectivity index (χ1n) is 17.7. The number of aliphatic hydroxyl groups is 1. The number of aliphatic hydroxyl groups excluding tert-OH is 1. The summed E-state index contributed by atoms with van der Waals surface area (Å²) in [7, 11) is 1.49. The summed E-state index contributed by atoms with van der Waals surface area (Å²) in [5.74, 6) is -7.97. The molecule has 0 saturated carbocycles. The minimum absolute atomic E-state index is 0.0894. The van der Waals surface area contributed by atoms with E-state index >= 15 is 0 Å². The molecule has 56 heavy (non-hydrogen) atoms. The van der Waals surface area contributed by atoms with Crippen LogP contribution in [0.4, 0.5) is 4.79 Å². The summed E-state index contributed by atoms with van der Waals surface area (Å²) < 4.78 is 10.5. The molecule has 19 nitrogen and oxygen atoms in total. The van der Waals surface area contributed by atoms with Crippen molar-refractivity contribution in [1.82, 2.24) is 31.3 Å². The van der Waals surface area contributed by atoms with Gasteiger partial charge in [0.1, 0.15) is 31.3 Å². The number of hydrogen-bond donors (Lipinski definition) is 7. The zero-order valence-electron chi connectivity index (χ0n) is 31.4. The number of carboxylic acids is 2. The van der Waals surface area contributed by atoms with Gasteiger partial charge in [0.2, 0.25) is 11.8 Å². The van der Waals surface area contributed by atoms with E-state index in [-0.39, 0.29) is 25.5 Å². The Hall–Kier alpha value is -6.08. The largest absolute Gasteiger partial charge is 0.481 e. The molecule has 0 bridgehead atoms. The molecule has 3 rings (SSSR count). The summed E-state index contributed by atoms with van der Waals surface area (Å²) in [5.41, 5.74) is 3.53. The molecule has 2 aromatic carbocycles. The predicted octanol–water partition coefficient (Wildman–Crippen LogP) is -0.0869. The normalized spacial score (nSPS) is 16.5. The average molecular weight is 785 g/mol. The molecule has 1 aliphatic heterocycles. The zero-order chi connectivity index (χ0) is 41.5. The van der Waals surface area contributed by atoms with Gasteiger partial charge >= 0.3 is 18.0 Å². The fourth-order valence-corrected chi connectivity index (χ4v) is 5.38. The number of hydrogen-bond acceptors (Lipinski definition) is 11. The SMILES string of the molecule is CC(C)C[C@H](NC(=O)OCc1ccccc1)C(=O)N[C@@H](CCC(=O)O)C(=O)N[C@H](C(=O)NN(CC(=O)O)C(=O)[C@H]1O[C@@H]1C(=O)N(C)Cc1ccccc1)[C@@H](C)O. The number of carboxylic acid groups (broad SMARTS) is 2. The van der Waals surface area contributed by atoms with Crippen LogP contribution in [0.5, 0.6) is 0 Å². The maximum absolute atomic E-state index is 13.5. The number of rotatable bonds is 20. The highest BCUT2D eigenvalue weighted by molar-refractivity contribution is 5.98. The van der Waals surface area contributed by atoms with Crippen LogP contribution < -0.4 is 21.4 Å². The molecule has 2 aromatic rings. The molecule has 6 atom stereocenters. The first-order chi connectivity index (χ1) is 26.5. The molecule has 304 valence electrons. The molecule has 0 aromatic heterocycles. The number of amides is 6. The Morgan fingerprint density at radius 2 is 1.32 bits per heavy atom. The van der Waals surface area contributed by atoms with Crippen molar-refractivity contribution in [2.75, 3.05) is 13.6 Å². The van der Waals surface area contributed by atoms with Crippen LogP contribution >= 0.6 is 0 Å². The van der Waals surface area contributed by atoms with Crippen molar-refractivity contribution in [1.29, 1.82) is 0 Å². The molecule has 1 heterocycles. The lowest BCUT2D eigenvalue weighted by molar-refractivity contribution is -0.152. The Morgan fingerprint density at radius 3 is 1.88 bits per heavy atom. The monoisotopic (exact) mass is 784 g/mol. The number of hydrazine groups is 1. The maximum atomic E-state index is 13.5. The van der Waals surface area contributed by atoms with Crippen LogP contribution in [0, 0.1) is 5.92 Å². The van der Waals surface area contributed by atoms with Crippen LogP contribution in [0.3, 0.4) is 0 Å². The quantitative estimate of drug-likeness (QED) is 0.0685. The minimum Gasteiger partial charge on any atom is -0.481 e. The summed E-state index contributed by atoms with van der Waals surface area (Å²) in [5, 5.41) is 36.7. The van der Waals surface area contributed by atoms with E-state index in [1.165, 1.54) is 11.9 Å². The molecule has 0 unspecified atom stereocenters. The summed E-state index contributed by atoms with van der Waals surface area (Å²) >= 11 is 0. The van der Waals surface area contributed by atoms with Gasteiger partial charge in [-0.2, -0.15) is 0 Å². The molecule has 6 amide bonds. The lowest BCUT2D eigenvalue weighted by Gasteiger charge is -2.28. The van der Waals surface area contributed by atoms with Gasteiger partial charge in [-0.25, -0.2) is 9.80 Å². The van der Waals surface area contributed by atoms with Crippen LogP contribution in [-0.2, 0) is 56.2 Å². The number of epoxide rings is 1. The fourth-order valence-electron chi connectivity index (χ4n) is 5.38. The number of nitrogens with zero attached hydrogens (tertiary/aromatic N) is 2. The van der Waals surface area contributed by atoms with Gasteiger partial charge in [0.15, 0.2) is 12.2 Å². The van der Waals surface area contributed by atoms with Gasteiger partial charge in [-0.1, -0.05) is 74.5 Å². The lowest BCUT2D eigenvalue weighted by Crippen LogP contribution is -2.62. The van der Waals surface area contributed by atoms with Crippen LogP contribution in [0.1, 0.15) is 51.2 Å². The summed E-state index contributed by atoms with van der Waals surface area (Å²) in [6.45, 7) is 3.64. The topological polar surface area (TPSA) is 274 Å². The number of nitrogens with one attached hydrogen (secondary N) is 4. The molecule has 0 spiro atoms. The minimum atomic E-state index is -1.87. The molecule has 7 N–H and O–H groups in total. The maximum Gasteiger partial charge on any atom is 0.408 e. The van der Waals surface area contributed by atoms with Crippen LogP contribution in [0.25, 0.3) is 0 Å². The fraction of sp³-hybridized carbons (Fsp3) is 0.459. The summed E-state index contributed by atoms with van der Waals surface area (Å²) in [4.78, 5) is 104. The second-order valence-corrected chi connectivity index (χ2v) is 13.6. The van der Waals surface area contributed by atoms with Gasteiger partial charge in [0.05, 0.1) is 6.10 Å². The predicted molar refractivity (Wildman–Crippen MR) is 194 cm³/mol. The van der Waals surface area contributed by atoms with Gasteiger partial charge in [-0.15, -0.1) is 0 Å². The van der Waals surface area contributed by atoms with Crippen molar-refractivity contribution >= 4 is 47.6 Å². The van der Waals surface area contributed by atoms with Crippen molar-refractivity contribution < 1.29 is 63.1 Å². The van der Waals surface area contributed by atoms with Gasteiger partial charge in [-0.3, -0.25) is 39.0 Å². The number of carbonyl (C=O) groups is 8. The smallest absolute Gasteiger partial charge is 0.408 e. The van der Waals surface area contributed by atoms with Crippen molar-refractivity contribution in [2.24, 2.45) is 5.92 Å². The lowest BCUT2D eigenvalue weighted by atomic mass is 10.0. The molecular weight excluding hydrogens is 736 g/mol. The summed E-state index contributed by atoms with van der Waals surface area (Å²) in [6.07, 6.45) is -6.33. The molecular formula is C37H48N6O13. The standard InChI is InChI=1S/C37H48N6O13/c1-21(2)17-26(39-37(54)55-20-24-13-9-6-10-14-24)33(50)38-25(15-16-27(45)46)32(49)40-29(22(3)44)34(51)41-43(19-28(47)48)36(53)31-30(56-31)35(52)42(4)18-23-11-7-5-8-12-23/h5-14,21-22,25-26,29-31,44H,15-20H2,1-4H3,(H,38,50)(H,39,54)(H,40,49)(H,41,51)(H,45,46)(H,47,48)/t22-,25+,26+,29+,30+,31+/m1/s1. The van der Waals surface area contributed by atoms with Crippen LogP contribution in [0.2, 0.25) is 0 Å². The molecule has 0 radical (unpaired) electrons. The Morgan fingerprint density at radius 1 is 0.750 bits per heavy atom. The van der Waals surface area contributed by atoms with Crippen LogP contribution in [-0.4, -0.2) is 123 Å². The Kier molecular flexibility index (Phi) is 16.7. The van der Waals surface area contributed by atoms with E-state index in [1.807, 2.05) is 5.43 Å². The zero-order valence-corrected chi connectivity index (χ0v) is 31.4. The third kappa shape index (κ3) is 14.3. The van der Waals surface area contributed by atoms with E-state index in [0.29, 0.717) is 10.6 Å². The summed E-state index contributed by atoms with van der Waals surface area (Å²) in [6, 6.07) is 13.0.